The van der Waals surface area contributed by atoms with E-state index in [9.17, 15) is 13.7 Å². The largest absolute Gasteiger partial charge is 0.495 e. The van der Waals surface area contributed by atoms with E-state index < -0.39 is 15.7 Å². The second-order valence-corrected chi connectivity index (χ2v) is 9.92. The first-order valence-corrected chi connectivity index (χ1v) is 12.2. The van der Waals surface area contributed by atoms with Crippen LogP contribution in [0.4, 0.5) is 11.5 Å². The maximum absolute atomic E-state index is 13.0. The van der Waals surface area contributed by atoms with Gasteiger partial charge in [0.1, 0.15) is 23.3 Å². The van der Waals surface area contributed by atoms with E-state index in [4.69, 9.17) is 9.47 Å². The molecular weight excluding hydrogens is 444 g/mol. The van der Waals surface area contributed by atoms with Crippen molar-refractivity contribution < 1.29 is 17.9 Å². The van der Waals surface area contributed by atoms with Crippen molar-refractivity contribution in [3.05, 3.63) is 41.6 Å². The highest BCUT2D eigenvalue weighted by molar-refractivity contribution is 7.89. The summed E-state index contributed by atoms with van der Waals surface area (Å²) in [6, 6.07) is 7.01. The monoisotopic (exact) mass is 472 g/mol. The third-order valence-corrected chi connectivity index (χ3v) is 7.52. The van der Waals surface area contributed by atoms with E-state index in [1.165, 1.54) is 17.5 Å². The van der Waals surface area contributed by atoms with Crippen molar-refractivity contribution in [2.75, 3.05) is 50.6 Å². The molecule has 33 heavy (non-hydrogen) atoms. The Labute approximate surface area is 193 Å². The molecule has 11 heteroatoms. The topological polar surface area (TPSA) is 132 Å². The second-order valence-electron chi connectivity index (χ2n) is 7.98. The predicted molar refractivity (Wildman–Crippen MR) is 125 cm³/mol. The summed E-state index contributed by atoms with van der Waals surface area (Å²) in [7, 11) is -2.14. The molecule has 4 rings (SSSR count). The third kappa shape index (κ3) is 4.37. The van der Waals surface area contributed by atoms with Crippen LogP contribution in [0.1, 0.15) is 25.0 Å². The van der Waals surface area contributed by atoms with E-state index in [1.54, 1.807) is 18.3 Å². The molecule has 2 aliphatic rings. The summed E-state index contributed by atoms with van der Waals surface area (Å²) in [5.74, 6) is 1.12. The van der Waals surface area contributed by atoms with Gasteiger partial charge >= 0.3 is 0 Å². The van der Waals surface area contributed by atoms with Gasteiger partial charge in [0.25, 0.3) is 0 Å². The molecule has 4 N–H and O–H groups in total. The number of H-pyrrole nitrogens is 1. The van der Waals surface area contributed by atoms with Crippen molar-refractivity contribution in [2.45, 2.75) is 24.4 Å². The van der Waals surface area contributed by atoms with Gasteiger partial charge in [-0.3, -0.25) is 0 Å². The molecule has 1 unspecified atom stereocenters. The van der Waals surface area contributed by atoms with E-state index in [0.29, 0.717) is 55.7 Å². The number of benzene rings is 1. The minimum Gasteiger partial charge on any atom is -0.495 e. The van der Waals surface area contributed by atoms with Gasteiger partial charge < -0.3 is 30.4 Å². The number of sulfonamides is 1. The van der Waals surface area contributed by atoms with Gasteiger partial charge in [0, 0.05) is 37.6 Å². The molecule has 1 aromatic heterocycles. The average molecular weight is 473 g/mol. The van der Waals surface area contributed by atoms with Gasteiger partial charge in [-0.2, -0.15) is 9.57 Å². The molecule has 2 aliphatic heterocycles. The molecule has 0 spiro atoms. The van der Waals surface area contributed by atoms with Crippen molar-refractivity contribution in [1.82, 2.24) is 14.6 Å². The van der Waals surface area contributed by atoms with Gasteiger partial charge in [-0.1, -0.05) is 0 Å². The van der Waals surface area contributed by atoms with Crippen molar-refractivity contribution in [3.63, 3.8) is 0 Å². The summed E-state index contributed by atoms with van der Waals surface area (Å²) in [4.78, 5) is 3.29. The normalized spacial score (nSPS) is 20.7. The summed E-state index contributed by atoms with van der Waals surface area (Å²) in [5, 5.41) is 19.6. The Morgan fingerprint density at radius 1 is 1.33 bits per heavy atom. The van der Waals surface area contributed by atoms with Crippen LogP contribution in [0, 0.1) is 11.3 Å². The smallest absolute Gasteiger partial charge is 0.243 e. The lowest BCUT2D eigenvalue weighted by Gasteiger charge is -2.36. The van der Waals surface area contributed by atoms with Gasteiger partial charge in [0.15, 0.2) is 0 Å². The van der Waals surface area contributed by atoms with Crippen molar-refractivity contribution in [3.8, 4) is 11.8 Å². The van der Waals surface area contributed by atoms with Gasteiger partial charge in [-0.15, -0.1) is 0 Å². The number of aromatic nitrogens is 1. The Kier molecular flexibility index (Phi) is 6.25. The van der Waals surface area contributed by atoms with Crippen LogP contribution in [0.3, 0.4) is 0 Å². The van der Waals surface area contributed by atoms with Gasteiger partial charge in [0.05, 0.1) is 42.0 Å². The zero-order valence-corrected chi connectivity index (χ0v) is 19.7. The van der Waals surface area contributed by atoms with Crippen LogP contribution in [0.5, 0.6) is 5.75 Å². The maximum Gasteiger partial charge on any atom is 0.243 e. The summed E-state index contributed by atoms with van der Waals surface area (Å²) in [6.07, 6.45) is 3.63. The molecule has 1 aromatic carbocycles. The second kappa shape index (κ2) is 8.97. The summed E-state index contributed by atoms with van der Waals surface area (Å²) < 4.78 is 38.3. The molecule has 1 atom stereocenters. The van der Waals surface area contributed by atoms with Crippen LogP contribution >= 0.6 is 0 Å². The Morgan fingerprint density at radius 2 is 2.09 bits per heavy atom. The number of hydrogen-bond donors (Lipinski definition) is 4. The first-order chi connectivity index (χ1) is 15.8. The Morgan fingerprint density at radius 3 is 2.76 bits per heavy atom. The Hall–Kier alpha value is -3.20. The number of rotatable bonds is 7. The zero-order chi connectivity index (χ0) is 23.6. The SMILES string of the molecule is CCNC1=CC(C)(Nc2ccc(S(=O)(=O)N3CCOCC3)cc2OC)Nc2[nH]cc(C#N)c21. The van der Waals surface area contributed by atoms with Crippen molar-refractivity contribution in [1.29, 1.82) is 5.26 Å². The van der Waals surface area contributed by atoms with Crippen molar-refractivity contribution >= 4 is 27.2 Å². The lowest BCUT2D eigenvalue weighted by atomic mass is 9.99. The first kappa shape index (κ1) is 23.0. The first-order valence-electron chi connectivity index (χ1n) is 10.7. The van der Waals surface area contributed by atoms with Gasteiger partial charge in [0.2, 0.25) is 10.0 Å². The van der Waals surface area contributed by atoms with Crippen LogP contribution in [0.15, 0.2) is 35.4 Å². The van der Waals surface area contributed by atoms with E-state index >= 15 is 0 Å². The number of hydrogen-bond acceptors (Lipinski definition) is 8. The summed E-state index contributed by atoms with van der Waals surface area (Å²) in [5.41, 5.74) is 2.03. The molecule has 2 aromatic rings. The highest BCUT2D eigenvalue weighted by Gasteiger charge is 2.33. The van der Waals surface area contributed by atoms with E-state index in [2.05, 4.69) is 27.0 Å². The van der Waals surface area contributed by atoms with Crippen LogP contribution in [-0.4, -0.2) is 63.3 Å². The standard InChI is InChI=1S/C22H28N6O4S/c1-4-24-18-12-22(2,27-21-20(18)15(13-23)14-25-21)26-17-6-5-16(11-19(17)31-3)33(29,30)28-7-9-32-10-8-28/h5-6,11-12,14,24-27H,4,7-10H2,1-3H3. The number of nitrogens with one attached hydrogen (secondary N) is 4. The van der Waals surface area contributed by atoms with E-state index in [0.717, 1.165) is 11.3 Å². The average Bonchev–Trinajstić information content (AvgIpc) is 3.22. The molecule has 3 heterocycles. The number of morpholine rings is 1. The molecule has 10 nitrogen and oxygen atoms in total. The lowest BCUT2D eigenvalue weighted by molar-refractivity contribution is 0.0730. The van der Waals surface area contributed by atoms with Gasteiger partial charge in [-0.25, -0.2) is 8.42 Å². The predicted octanol–water partition coefficient (Wildman–Crippen LogP) is 2.12. The molecular formula is C22H28N6O4S. The highest BCUT2D eigenvalue weighted by Crippen LogP contribution is 2.37. The molecule has 0 radical (unpaired) electrons. The molecule has 0 saturated carbocycles. The fraction of sp³-hybridized carbons (Fsp3) is 0.409. The number of fused-ring (bicyclic) bond motifs is 1. The van der Waals surface area contributed by atoms with Crippen molar-refractivity contribution in [2.24, 2.45) is 0 Å². The van der Waals surface area contributed by atoms with Crippen LogP contribution < -0.4 is 20.7 Å². The lowest BCUT2D eigenvalue weighted by Crippen LogP contribution is -2.44. The molecule has 0 amide bonds. The van der Waals surface area contributed by atoms with Gasteiger partial charge in [-0.05, 0) is 32.1 Å². The third-order valence-electron chi connectivity index (χ3n) is 5.63. The van der Waals surface area contributed by atoms with E-state index in [-0.39, 0.29) is 4.90 Å². The Balaban J connectivity index is 1.65. The van der Waals surface area contributed by atoms with Crippen LogP contribution in [0.25, 0.3) is 5.70 Å². The van der Waals surface area contributed by atoms with Crippen LogP contribution in [0.2, 0.25) is 0 Å². The molecule has 1 fully saturated rings. The van der Waals surface area contributed by atoms with Crippen LogP contribution in [-0.2, 0) is 14.8 Å². The quantitative estimate of drug-likeness (QED) is 0.482. The highest BCUT2D eigenvalue weighted by atomic mass is 32.2. The molecule has 0 aliphatic carbocycles. The Bertz CT molecular complexity index is 1210. The van der Waals surface area contributed by atoms with E-state index in [1.807, 2.05) is 19.9 Å². The number of methoxy groups -OCH3 is 1. The molecule has 176 valence electrons. The number of ether oxygens (including phenoxy) is 2. The molecule has 0 bridgehead atoms. The number of nitriles is 1. The maximum atomic E-state index is 13.0. The summed E-state index contributed by atoms with van der Waals surface area (Å²) >= 11 is 0. The zero-order valence-electron chi connectivity index (χ0n) is 18.9. The minimum absolute atomic E-state index is 0.169. The number of anilines is 2. The number of aromatic amines is 1. The fourth-order valence-electron chi connectivity index (χ4n) is 4.09. The molecule has 1 saturated heterocycles. The minimum atomic E-state index is -3.64. The summed E-state index contributed by atoms with van der Waals surface area (Å²) in [6.45, 7) is 6.04. The fourth-order valence-corrected chi connectivity index (χ4v) is 5.52. The number of nitrogens with zero attached hydrogens (tertiary/aromatic N) is 2.